The molecule has 19 heavy (non-hydrogen) atoms. The molecule has 1 saturated heterocycles. The first-order chi connectivity index (χ1) is 9.29. The maximum atomic E-state index is 11.0. The molecule has 0 saturated carbocycles. The lowest BCUT2D eigenvalue weighted by molar-refractivity contribution is -0.123. The summed E-state index contributed by atoms with van der Waals surface area (Å²) in [4.78, 5) is 11.0. The normalized spacial score (nSPS) is 19.2. The van der Waals surface area contributed by atoms with E-state index in [0.717, 1.165) is 17.7 Å². The third-order valence-corrected chi connectivity index (χ3v) is 2.86. The topological polar surface area (TPSA) is 50.4 Å². The number of carbonyl (C=O) groups is 1. The Bertz CT molecular complexity index is 473. The molecule has 4 heteroatoms. The van der Waals surface area contributed by atoms with E-state index >= 15 is 0 Å². The molecule has 1 fully saturated rings. The predicted octanol–water partition coefficient (Wildman–Crippen LogP) is 2.05. The van der Waals surface area contributed by atoms with E-state index in [4.69, 9.17) is 4.74 Å². The molecule has 4 nitrogen and oxygen atoms in total. The first-order valence-electron chi connectivity index (χ1n) is 6.35. The SMILES string of the molecule is C=CCOc1ccccc1/C=C/C1CCC(=O)NN1. The minimum Gasteiger partial charge on any atom is -0.489 e. The van der Waals surface area contributed by atoms with Crippen LogP contribution in [0.4, 0.5) is 0 Å². The van der Waals surface area contributed by atoms with Crippen molar-refractivity contribution in [2.24, 2.45) is 0 Å². The molecular weight excluding hydrogens is 240 g/mol. The molecule has 1 heterocycles. The Labute approximate surface area is 113 Å². The van der Waals surface area contributed by atoms with Gasteiger partial charge in [-0.1, -0.05) is 43.0 Å². The molecular formula is C15H18N2O2. The average molecular weight is 258 g/mol. The van der Waals surface area contributed by atoms with Crippen molar-refractivity contribution in [2.45, 2.75) is 18.9 Å². The molecule has 0 radical (unpaired) electrons. The summed E-state index contributed by atoms with van der Waals surface area (Å²) < 4.78 is 5.58. The largest absolute Gasteiger partial charge is 0.489 e. The van der Waals surface area contributed by atoms with Gasteiger partial charge in [0.15, 0.2) is 0 Å². The number of nitrogens with one attached hydrogen (secondary N) is 2. The Balaban J connectivity index is 2.01. The van der Waals surface area contributed by atoms with Gasteiger partial charge in [-0.05, 0) is 12.5 Å². The highest BCUT2D eigenvalue weighted by atomic mass is 16.5. The number of hydrogen-bond acceptors (Lipinski definition) is 3. The van der Waals surface area contributed by atoms with Crippen LogP contribution in [0.2, 0.25) is 0 Å². The molecule has 1 amide bonds. The molecule has 1 aromatic rings. The Morgan fingerprint density at radius 2 is 2.26 bits per heavy atom. The summed E-state index contributed by atoms with van der Waals surface area (Å²) in [5.74, 6) is 0.873. The highest BCUT2D eigenvalue weighted by Crippen LogP contribution is 2.20. The third kappa shape index (κ3) is 3.96. The summed E-state index contributed by atoms with van der Waals surface area (Å²) in [6, 6.07) is 7.99. The quantitative estimate of drug-likeness (QED) is 0.795. The van der Waals surface area contributed by atoms with Crippen LogP contribution in [0.1, 0.15) is 18.4 Å². The molecule has 0 bridgehead atoms. The zero-order valence-electron chi connectivity index (χ0n) is 10.8. The van der Waals surface area contributed by atoms with Crippen molar-refractivity contribution in [3.05, 3.63) is 48.6 Å². The zero-order chi connectivity index (χ0) is 13.5. The fourth-order valence-corrected chi connectivity index (χ4v) is 1.86. The maximum Gasteiger partial charge on any atom is 0.234 e. The summed E-state index contributed by atoms with van der Waals surface area (Å²) in [5.41, 5.74) is 6.61. The molecule has 1 aromatic carbocycles. The highest BCUT2D eigenvalue weighted by molar-refractivity contribution is 5.76. The summed E-state index contributed by atoms with van der Waals surface area (Å²) in [7, 11) is 0. The fraction of sp³-hybridized carbons (Fsp3) is 0.267. The Hall–Kier alpha value is -2.07. The molecule has 2 rings (SSSR count). The first-order valence-corrected chi connectivity index (χ1v) is 6.35. The van der Waals surface area contributed by atoms with E-state index in [-0.39, 0.29) is 11.9 Å². The third-order valence-electron chi connectivity index (χ3n) is 2.86. The number of ether oxygens (including phenoxy) is 1. The molecule has 0 aromatic heterocycles. The van der Waals surface area contributed by atoms with Gasteiger partial charge in [-0.25, -0.2) is 5.43 Å². The maximum absolute atomic E-state index is 11.0. The Morgan fingerprint density at radius 1 is 1.42 bits per heavy atom. The van der Waals surface area contributed by atoms with Gasteiger partial charge >= 0.3 is 0 Å². The molecule has 1 aliphatic heterocycles. The van der Waals surface area contributed by atoms with Crippen molar-refractivity contribution >= 4 is 12.0 Å². The number of carbonyl (C=O) groups excluding carboxylic acids is 1. The van der Waals surface area contributed by atoms with E-state index in [1.807, 2.05) is 36.4 Å². The van der Waals surface area contributed by atoms with Crippen LogP contribution in [0, 0.1) is 0 Å². The summed E-state index contributed by atoms with van der Waals surface area (Å²) in [5, 5.41) is 0. The monoisotopic (exact) mass is 258 g/mol. The second kappa shape index (κ2) is 6.75. The van der Waals surface area contributed by atoms with Gasteiger partial charge in [-0.3, -0.25) is 10.2 Å². The second-order valence-electron chi connectivity index (χ2n) is 4.33. The van der Waals surface area contributed by atoms with Crippen molar-refractivity contribution in [1.82, 2.24) is 10.9 Å². The van der Waals surface area contributed by atoms with E-state index in [0.29, 0.717) is 13.0 Å². The lowest BCUT2D eigenvalue weighted by Gasteiger charge is -2.20. The van der Waals surface area contributed by atoms with Gasteiger partial charge in [0.05, 0.1) is 0 Å². The van der Waals surface area contributed by atoms with Crippen LogP contribution in [0.15, 0.2) is 43.0 Å². The van der Waals surface area contributed by atoms with Crippen LogP contribution < -0.4 is 15.6 Å². The van der Waals surface area contributed by atoms with E-state index in [9.17, 15) is 4.79 Å². The summed E-state index contributed by atoms with van der Waals surface area (Å²) in [6.07, 6.45) is 7.12. The molecule has 2 N–H and O–H groups in total. The van der Waals surface area contributed by atoms with Gasteiger partial charge in [-0.2, -0.15) is 0 Å². The smallest absolute Gasteiger partial charge is 0.234 e. The average Bonchev–Trinajstić information content (AvgIpc) is 2.45. The molecule has 100 valence electrons. The number of hydrazine groups is 1. The lowest BCUT2D eigenvalue weighted by atomic mass is 10.1. The van der Waals surface area contributed by atoms with Gasteiger partial charge in [0.2, 0.25) is 5.91 Å². The standard InChI is InChI=1S/C15H18N2O2/c1-2-11-19-14-6-4-3-5-12(14)7-8-13-9-10-15(18)17-16-13/h2-8,13,16H,1,9-11H2,(H,17,18)/b8-7+. The van der Waals surface area contributed by atoms with Gasteiger partial charge in [-0.15, -0.1) is 0 Å². The summed E-state index contributed by atoms with van der Waals surface area (Å²) >= 11 is 0. The first kappa shape index (κ1) is 13.4. The number of benzene rings is 1. The number of para-hydroxylation sites is 1. The van der Waals surface area contributed by atoms with Gasteiger partial charge in [0, 0.05) is 18.0 Å². The second-order valence-corrected chi connectivity index (χ2v) is 4.33. The van der Waals surface area contributed by atoms with Gasteiger partial charge in [0.25, 0.3) is 0 Å². The number of hydrogen-bond donors (Lipinski definition) is 2. The van der Waals surface area contributed by atoms with Crippen molar-refractivity contribution < 1.29 is 9.53 Å². The van der Waals surface area contributed by atoms with Crippen LogP contribution in [0.25, 0.3) is 6.08 Å². The number of rotatable bonds is 5. The Morgan fingerprint density at radius 3 is 3.00 bits per heavy atom. The van der Waals surface area contributed by atoms with E-state index < -0.39 is 0 Å². The van der Waals surface area contributed by atoms with Crippen LogP contribution >= 0.6 is 0 Å². The molecule has 1 aliphatic rings. The van der Waals surface area contributed by atoms with E-state index in [1.54, 1.807) is 6.08 Å². The van der Waals surface area contributed by atoms with E-state index in [2.05, 4.69) is 17.4 Å². The van der Waals surface area contributed by atoms with Crippen molar-refractivity contribution in [2.75, 3.05) is 6.61 Å². The Kier molecular flexibility index (Phi) is 4.75. The van der Waals surface area contributed by atoms with E-state index in [1.165, 1.54) is 0 Å². The van der Waals surface area contributed by atoms with Crippen LogP contribution in [-0.2, 0) is 4.79 Å². The van der Waals surface area contributed by atoms with Crippen molar-refractivity contribution in [1.29, 1.82) is 0 Å². The molecule has 0 spiro atoms. The molecule has 0 aliphatic carbocycles. The van der Waals surface area contributed by atoms with Crippen LogP contribution in [0.5, 0.6) is 5.75 Å². The fourth-order valence-electron chi connectivity index (χ4n) is 1.86. The summed E-state index contributed by atoms with van der Waals surface area (Å²) in [6.45, 7) is 4.13. The van der Waals surface area contributed by atoms with Crippen molar-refractivity contribution in [3.63, 3.8) is 0 Å². The van der Waals surface area contributed by atoms with Gasteiger partial charge in [0.1, 0.15) is 12.4 Å². The van der Waals surface area contributed by atoms with Crippen molar-refractivity contribution in [3.8, 4) is 5.75 Å². The minimum atomic E-state index is 0.0411. The zero-order valence-corrected chi connectivity index (χ0v) is 10.8. The molecule has 1 atom stereocenters. The highest BCUT2D eigenvalue weighted by Gasteiger charge is 2.14. The van der Waals surface area contributed by atoms with Crippen LogP contribution in [-0.4, -0.2) is 18.6 Å². The minimum absolute atomic E-state index is 0.0411. The number of amides is 1. The predicted molar refractivity (Wildman–Crippen MR) is 75.5 cm³/mol. The molecule has 1 unspecified atom stereocenters. The lowest BCUT2D eigenvalue weighted by Crippen LogP contribution is -2.48. The van der Waals surface area contributed by atoms with Gasteiger partial charge < -0.3 is 4.74 Å². The van der Waals surface area contributed by atoms with Crippen LogP contribution in [0.3, 0.4) is 0 Å².